The molecule has 0 amide bonds. The monoisotopic (exact) mass is 473 g/mol. The summed E-state index contributed by atoms with van der Waals surface area (Å²) in [4.78, 5) is 2.59. The highest BCUT2D eigenvalue weighted by Gasteiger charge is 2.22. The first kappa shape index (κ1) is 24.1. The van der Waals surface area contributed by atoms with E-state index in [9.17, 15) is 0 Å². The van der Waals surface area contributed by atoms with Gasteiger partial charge in [-0.25, -0.2) is 0 Å². The molecule has 2 aliphatic rings. The molecular weight excluding hydrogens is 442 g/mol. The summed E-state index contributed by atoms with van der Waals surface area (Å²) < 4.78 is 10.8. The van der Waals surface area contributed by atoms with E-state index >= 15 is 0 Å². The van der Waals surface area contributed by atoms with Crippen molar-refractivity contribution in [2.45, 2.75) is 19.3 Å². The Morgan fingerprint density at radius 1 is 0.735 bits per heavy atom. The lowest BCUT2D eigenvalue weighted by molar-refractivity contribution is 0.260. The Morgan fingerprint density at radius 3 is 1.91 bits per heavy atom. The fourth-order valence-electron chi connectivity index (χ4n) is 5.07. The second-order valence-electron chi connectivity index (χ2n) is 8.77. The number of ether oxygens (including phenoxy) is 2. The molecule has 0 bridgehead atoms. The van der Waals surface area contributed by atoms with E-state index in [4.69, 9.17) is 9.47 Å². The van der Waals surface area contributed by atoms with E-state index in [-0.39, 0.29) is 12.4 Å². The van der Waals surface area contributed by atoms with Gasteiger partial charge >= 0.3 is 0 Å². The summed E-state index contributed by atoms with van der Waals surface area (Å²) in [7, 11) is 3.37. The normalized spacial score (nSPS) is 15.1. The average molecular weight is 474 g/mol. The van der Waals surface area contributed by atoms with Gasteiger partial charge in [-0.15, -0.1) is 12.4 Å². The predicted octanol–water partition coefficient (Wildman–Crippen LogP) is 6.75. The van der Waals surface area contributed by atoms with E-state index < -0.39 is 0 Å². The van der Waals surface area contributed by atoms with Gasteiger partial charge in [0.15, 0.2) is 11.5 Å². The maximum atomic E-state index is 5.47. The summed E-state index contributed by atoms with van der Waals surface area (Å²) in [6.07, 6.45) is 7.77. The molecule has 4 heteroatoms. The Labute approximate surface area is 209 Å². The molecule has 0 N–H and O–H groups in total. The zero-order chi connectivity index (χ0) is 22.6. The Kier molecular flexibility index (Phi) is 7.77. The minimum Gasteiger partial charge on any atom is -0.493 e. The number of piperidine rings is 1. The van der Waals surface area contributed by atoms with Gasteiger partial charge in [0.25, 0.3) is 0 Å². The quantitative estimate of drug-likeness (QED) is 0.320. The Hall–Kier alpha value is -3.01. The molecular formula is C30H32ClNO2. The number of halogens is 1. The van der Waals surface area contributed by atoms with E-state index in [2.05, 4.69) is 77.7 Å². The predicted molar refractivity (Wildman–Crippen MR) is 144 cm³/mol. The zero-order valence-electron chi connectivity index (χ0n) is 19.9. The van der Waals surface area contributed by atoms with Gasteiger partial charge in [-0.1, -0.05) is 72.3 Å². The second kappa shape index (κ2) is 10.9. The summed E-state index contributed by atoms with van der Waals surface area (Å²) in [5.74, 6) is 1.59. The van der Waals surface area contributed by atoms with Crippen molar-refractivity contribution < 1.29 is 9.47 Å². The minimum absolute atomic E-state index is 0. The van der Waals surface area contributed by atoms with Crippen LogP contribution in [0.5, 0.6) is 11.5 Å². The van der Waals surface area contributed by atoms with Gasteiger partial charge in [0.05, 0.1) is 14.2 Å². The maximum Gasteiger partial charge on any atom is 0.160 e. The molecule has 1 heterocycles. The van der Waals surface area contributed by atoms with Crippen molar-refractivity contribution in [3.63, 3.8) is 0 Å². The molecule has 176 valence electrons. The number of methoxy groups -OCH3 is 2. The van der Waals surface area contributed by atoms with Crippen molar-refractivity contribution in [3.05, 3.63) is 100 Å². The third-order valence-corrected chi connectivity index (χ3v) is 6.88. The van der Waals surface area contributed by atoms with Crippen molar-refractivity contribution in [3.8, 4) is 11.5 Å². The van der Waals surface area contributed by atoms with Crippen molar-refractivity contribution in [2.24, 2.45) is 0 Å². The van der Waals surface area contributed by atoms with E-state index in [1.807, 2.05) is 6.07 Å². The highest BCUT2D eigenvalue weighted by atomic mass is 35.5. The van der Waals surface area contributed by atoms with Gasteiger partial charge in [-0.3, -0.25) is 0 Å². The summed E-state index contributed by atoms with van der Waals surface area (Å²) in [6, 6.07) is 23.9. The second-order valence-corrected chi connectivity index (χ2v) is 8.77. The van der Waals surface area contributed by atoms with E-state index in [1.165, 1.54) is 33.4 Å². The van der Waals surface area contributed by atoms with Crippen molar-refractivity contribution in [1.29, 1.82) is 0 Å². The number of rotatable bonds is 5. The Morgan fingerprint density at radius 2 is 1.32 bits per heavy atom. The fourth-order valence-corrected chi connectivity index (χ4v) is 5.07. The van der Waals surface area contributed by atoms with E-state index in [1.54, 1.807) is 19.8 Å². The standard InChI is InChI=1S/C30H31NO2.ClH/c1-32-28-14-11-22(21-29(28)33-2)15-18-31-19-16-25(17-20-31)30-26-9-5-3-7-23(26)12-13-24-8-4-6-10-27(24)30;/h3-14,21H,15-20H2,1-2H3;1H. The van der Waals surface area contributed by atoms with Crippen LogP contribution in [0.3, 0.4) is 0 Å². The first-order valence-corrected chi connectivity index (χ1v) is 11.8. The molecule has 1 fully saturated rings. The highest BCUT2D eigenvalue weighted by molar-refractivity contribution is 5.94. The minimum atomic E-state index is 0. The Bertz CT molecular complexity index is 1150. The Balaban J connectivity index is 0.00000274. The van der Waals surface area contributed by atoms with Crippen LogP contribution in [0.25, 0.3) is 17.7 Å². The molecule has 3 aromatic carbocycles. The van der Waals surface area contributed by atoms with E-state index in [0.717, 1.165) is 50.4 Å². The molecule has 1 aliphatic heterocycles. The molecule has 3 aromatic rings. The van der Waals surface area contributed by atoms with Gasteiger partial charge in [-0.2, -0.15) is 0 Å². The largest absolute Gasteiger partial charge is 0.493 e. The number of hydrogen-bond donors (Lipinski definition) is 0. The van der Waals surface area contributed by atoms with Crippen LogP contribution in [-0.4, -0.2) is 38.8 Å². The third kappa shape index (κ3) is 4.91. The summed E-state index contributed by atoms with van der Waals surface area (Å²) >= 11 is 0. The summed E-state index contributed by atoms with van der Waals surface area (Å²) in [5.41, 5.74) is 9.68. The molecule has 5 rings (SSSR count). The van der Waals surface area contributed by atoms with Crippen LogP contribution in [0.4, 0.5) is 0 Å². The molecule has 3 nitrogen and oxygen atoms in total. The first-order chi connectivity index (χ1) is 16.3. The smallest absolute Gasteiger partial charge is 0.160 e. The van der Waals surface area contributed by atoms with Gasteiger partial charge in [-0.05, 0) is 64.8 Å². The van der Waals surface area contributed by atoms with Crippen LogP contribution >= 0.6 is 12.4 Å². The van der Waals surface area contributed by atoms with Gasteiger partial charge in [0, 0.05) is 19.6 Å². The van der Waals surface area contributed by atoms with Crippen LogP contribution in [0.15, 0.2) is 72.3 Å². The highest BCUT2D eigenvalue weighted by Crippen LogP contribution is 2.38. The molecule has 0 atom stereocenters. The molecule has 1 aliphatic carbocycles. The third-order valence-electron chi connectivity index (χ3n) is 6.88. The maximum absolute atomic E-state index is 5.47. The SMILES string of the molecule is COc1ccc(CCN2CCC(=C3c4ccccc4C=Cc4ccccc43)CC2)cc1OC.Cl. The molecule has 0 spiro atoms. The topological polar surface area (TPSA) is 21.7 Å². The lowest BCUT2D eigenvalue weighted by Gasteiger charge is -2.30. The number of hydrogen-bond acceptors (Lipinski definition) is 3. The number of fused-ring (bicyclic) bond motifs is 2. The molecule has 1 saturated heterocycles. The summed E-state index contributed by atoms with van der Waals surface area (Å²) in [5, 5.41) is 0. The van der Waals surface area contributed by atoms with Crippen molar-refractivity contribution in [2.75, 3.05) is 33.9 Å². The van der Waals surface area contributed by atoms with Gasteiger partial charge in [0.1, 0.15) is 0 Å². The van der Waals surface area contributed by atoms with E-state index in [0.29, 0.717) is 0 Å². The van der Waals surface area contributed by atoms with Crippen LogP contribution in [0.1, 0.15) is 40.7 Å². The lowest BCUT2D eigenvalue weighted by atomic mass is 9.86. The molecule has 0 saturated carbocycles. The van der Waals surface area contributed by atoms with Gasteiger partial charge < -0.3 is 14.4 Å². The number of nitrogens with zero attached hydrogens (tertiary/aromatic N) is 1. The molecule has 0 radical (unpaired) electrons. The van der Waals surface area contributed by atoms with Gasteiger partial charge in [0.2, 0.25) is 0 Å². The number of benzene rings is 3. The molecule has 0 aromatic heterocycles. The summed E-state index contributed by atoms with van der Waals surface area (Å²) in [6.45, 7) is 3.26. The van der Waals surface area contributed by atoms with Crippen LogP contribution in [0, 0.1) is 0 Å². The van der Waals surface area contributed by atoms with Crippen molar-refractivity contribution in [1.82, 2.24) is 4.90 Å². The first-order valence-electron chi connectivity index (χ1n) is 11.8. The zero-order valence-corrected chi connectivity index (χ0v) is 20.7. The van der Waals surface area contributed by atoms with Crippen LogP contribution in [-0.2, 0) is 6.42 Å². The fraction of sp³-hybridized carbons (Fsp3) is 0.267. The van der Waals surface area contributed by atoms with Crippen LogP contribution in [0.2, 0.25) is 0 Å². The molecule has 0 unspecified atom stereocenters. The molecule has 34 heavy (non-hydrogen) atoms. The van der Waals surface area contributed by atoms with Crippen LogP contribution < -0.4 is 9.47 Å². The number of likely N-dealkylation sites (tertiary alicyclic amines) is 1. The van der Waals surface area contributed by atoms with Crippen molar-refractivity contribution >= 4 is 30.1 Å². The lowest BCUT2D eigenvalue weighted by Crippen LogP contribution is -2.32. The average Bonchev–Trinajstić information content (AvgIpc) is 3.04.